The van der Waals surface area contributed by atoms with Gasteiger partial charge in [0, 0.05) is 33.5 Å². The summed E-state index contributed by atoms with van der Waals surface area (Å²) in [6, 6.07) is 20.8. The van der Waals surface area contributed by atoms with Crippen LogP contribution < -0.4 is 0 Å². The number of hydrogen-bond donors (Lipinski definition) is 4. The van der Waals surface area contributed by atoms with E-state index in [9.17, 15) is 19.6 Å². The Kier molecular flexibility index (Phi) is 12.4. The Balaban J connectivity index is 0.000000211. The smallest absolute Gasteiger partial charge is 0.170 e. The molecule has 2 heterocycles. The van der Waals surface area contributed by atoms with Gasteiger partial charge in [-0.2, -0.15) is 0 Å². The van der Waals surface area contributed by atoms with Crippen molar-refractivity contribution in [2.24, 2.45) is 0 Å². The van der Waals surface area contributed by atoms with Crippen molar-refractivity contribution >= 4 is 16.8 Å². The fourth-order valence-electron chi connectivity index (χ4n) is 6.09. The highest BCUT2D eigenvalue weighted by Gasteiger charge is 2.48. The first-order valence-electron chi connectivity index (χ1n) is 14.3. The van der Waals surface area contributed by atoms with Gasteiger partial charge in [0.1, 0.15) is 0 Å². The van der Waals surface area contributed by atoms with Crippen LogP contribution in [0.3, 0.4) is 0 Å². The molecule has 8 heteroatoms. The van der Waals surface area contributed by atoms with Crippen LogP contribution in [0, 0.1) is 0 Å². The molecule has 2 unspecified atom stereocenters. The van der Waals surface area contributed by atoms with E-state index >= 15 is 0 Å². The van der Waals surface area contributed by atoms with Crippen molar-refractivity contribution in [1.29, 1.82) is 0 Å². The number of benzene rings is 2. The van der Waals surface area contributed by atoms with Crippen molar-refractivity contribution in [3.8, 4) is 11.1 Å². The molecular formula is C32H54N2O4P2. The number of hydrogen-bond acceptors (Lipinski definition) is 6. The van der Waals surface area contributed by atoms with Crippen molar-refractivity contribution in [3.05, 3.63) is 60.7 Å². The Morgan fingerprint density at radius 3 is 1.07 bits per heavy atom. The highest BCUT2D eigenvalue weighted by Crippen LogP contribution is 2.50. The Morgan fingerprint density at radius 1 is 0.550 bits per heavy atom. The van der Waals surface area contributed by atoms with Crippen LogP contribution in [-0.2, 0) is 0 Å². The van der Waals surface area contributed by atoms with Crippen LogP contribution in [0.25, 0.3) is 11.1 Å². The summed E-state index contributed by atoms with van der Waals surface area (Å²) in [5.74, 6) is 0. The summed E-state index contributed by atoms with van der Waals surface area (Å²) in [6.07, 6.45) is 3.86. The average molecular weight is 593 g/mol. The summed E-state index contributed by atoms with van der Waals surface area (Å²) in [6.45, 7) is 17.2. The number of nitrogens with zero attached hydrogens (tertiary/aromatic N) is 2. The number of rotatable bonds is 3. The van der Waals surface area contributed by atoms with Crippen LogP contribution in [0.2, 0.25) is 0 Å². The minimum Gasteiger partial charge on any atom is -0.350 e. The molecule has 4 rings (SSSR count). The maximum atomic E-state index is 9.39. The summed E-state index contributed by atoms with van der Waals surface area (Å²) in [5, 5.41) is 0. The zero-order chi connectivity index (χ0) is 30.5. The van der Waals surface area contributed by atoms with Gasteiger partial charge in [-0.15, -0.1) is 0 Å². The molecule has 2 fully saturated rings. The highest BCUT2D eigenvalue weighted by molar-refractivity contribution is 7.46. The minimum absolute atomic E-state index is 0.00975. The lowest BCUT2D eigenvalue weighted by Crippen LogP contribution is -2.62. The van der Waals surface area contributed by atoms with Gasteiger partial charge in [0.2, 0.25) is 0 Å². The molecule has 0 aliphatic carbocycles. The van der Waals surface area contributed by atoms with E-state index in [2.05, 4.69) is 128 Å². The summed E-state index contributed by atoms with van der Waals surface area (Å²) < 4.78 is 0. The third-order valence-electron chi connectivity index (χ3n) is 9.67. The standard InChI is InChI=1S/C12H10.2C10H22NO2P/c1-3-7-11(8-4-1)12-9-5-2-6-10-12;2*1-9(2)7-6-8(14(12)13)10(3,4)11(9)5/h1-10H;2*8,12-13H,6-7H2,1-5H3. The molecule has 4 N–H and O–H groups in total. The summed E-state index contributed by atoms with van der Waals surface area (Å²) in [5.41, 5.74) is 2.63. The largest absolute Gasteiger partial charge is 0.350 e. The van der Waals surface area contributed by atoms with Gasteiger partial charge in [0.05, 0.1) is 0 Å². The zero-order valence-electron chi connectivity index (χ0n) is 26.3. The maximum absolute atomic E-state index is 9.39. The highest BCUT2D eigenvalue weighted by atomic mass is 31.2. The van der Waals surface area contributed by atoms with Gasteiger partial charge in [-0.25, -0.2) is 0 Å². The summed E-state index contributed by atoms with van der Waals surface area (Å²) >= 11 is 0. The van der Waals surface area contributed by atoms with Crippen LogP contribution in [-0.4, -0.2) is 76.9 Å². The predicted molar refractivity (Wildman–Crippen MR) is 172 cm³/mol. The van der Waals surface area contributed by atoms with E-state index in [4.69, 9.17) is 0 Å². The van der Waals surface area contributed by atoms with Crippen LogP contribution >= 0.6 is 16.8 Å². The SMILES string of the molecule is CN1C(C)(C)CCC(P(O)O)C1(C)C.CN1C(C)(C)CCC(P(O)O)C1(C)C.c1ccc(-c2ccccc2)cc1. The lowest BCUT2D eigenvalue weighted by molar-refractivity contribution is -0.00185. The Hall–Kier alpha value is -0.940. The van der Waals surface area contributed by atoms with Crippen LogP contribution in [0.1, 0.15) is 81.1 Å². The maximum Gasteiger partial charge on any atom is 0.170 e. The second-order valence-corrected chi connectivity index (χ2v) is 16.1. The lowest BCUT2D eigenvalue weighted by Gasteiger charge is -2.55. The van der Waals surface area contributed by atoms with E-state index < -0.39 is 16.8 Å². The zero-order valence-corrected chi connectivity index (χ0v) is 28.1. The van der Waals surface area contributed by atoms with Crippen molar-refractivity contribution in [2.45, 2.75) is 115 Å². The second-order valence-electron chi connectivity index (χ2n) is 13.5. The molecule has 2 aromatic carbocycles. The third kappa shape index (κ3) is 8.55. The van der Waals surface area contributed by atoms with Gasteiger partial charge in [0.25, 0.3) is 0 Å². The molecule has 226 valence electrons. The first-order valence-corrected chi connectivity index (χ1v) is 16.9. The number of likely N-dealkylation sites (tertiary alicyclic amines) is 2. The van der Waals surface area contributed by atoms with Gasteiger partial charge in [-0.05, 0) is 106 Å². The Labute approximate surface area is 246 Å². The van der Waals surface area contributed by atoms with E-state index in [0.29, 0.717) is 0 Å². The molecule has 40 heavy (non-hydrogen) atoms. The molecule has 2 aromatic rings. The van der Waals surface area contributed by atoms with E-state index in [1.807, 2.05) is 12.1 Å². The topological polar surface area (TPSA) is 87.4 Å². The van der Waals surface area contributed by atoms with E-state index in [0.717, 1.165) is 25.7 Å². The Bertz CT molecular complexity index is 938. The molecule has 0 amide bonds. The van der Waals surface area contributed by atoms with Crippen LogP contribution in [0.5, 0.6) is 0 Å². The summed E-state index contributed by atoms with van der Waals surface area (Å²) in [4.78, 5) is 42.1. The molecule has 0 spiro atoms. The molecule has 6 nitrogen and oxygen atoms in total. The molecule has 0 radical (unpaired) electrons. The minimum atomic E-state index is -1.82. The quantitative estimate of drug-likeness (QED) is 0.282. The van der Waals surface area contributed by atoms with Crippen molar-refractivity contribution in [2.75, 3.05) is 14.1 Å². The first kappa shape index (κ1) is 35.3. The normalized spacial score (nSPS) is 25.4. The van der Waals surface area contributed by atoms with E-state index in [1.165, 1.54) is 11.1 Å². The average Bonchev–Trinajstić information content (AvgIpc) is 2.87. The van der Waals surface area contributed by atoms with Crippen molar-refractivity contribution < 1.29 is 19.6 Å². The van der Waals surface area contributed by atoms with Crippen molar-refractivity contribution in [1.82, 2.24) is 9.80 Å². The van der Waals surface area contributed by atoms with Crippen LogP contribution in [0.4, 0.5) is 0 Å². The molecule has 2 aliphatic rings. The van der Waals surface area contributed by atoms with Crippen molar-refractivity contribution in [3.63, 3.8) is 0 Å². The van der Waals surface area contributed by atoms with Crippen LogP contribution in [0.15, 0.2) is 60.7 Å². The lowest BCUT2D eigenvalue weighted by atomic mass is 9.80. The fourth-order valence-corrected chi connectivity index (χ4v) is 8.28. The molecular weight excluding hydrogens is 538 g/mol. The van der Waals surface area contributed by atoms with Gasteiger partial charge in [-0.1, -0.05) is 60.7 Å². The summed E-state index contributed by atoms with van der Waals surface area (Å²) in [7, 11) is 0.516. The number of piperidine rings is 2. The second kappa shape index (κ2) is 14.0. The molecule has 0 aromatic heterocycles. The van der Waals surface area contributed by atoms with Gasteiger partial charge in [0.15, 0.2) is 16.8 Å². The molecule has 2 aliphatic heterocycles. The first-order chi connectivity index (χ1) is 18.4. The van der Waals surface area contributed by atoms with Gasteiger partial charge < -0.3 is 19.6 Å². The third-order valence-corrected chi connectivity index (χ3v) is 12.6. The van der Waals surface area contributed by atoms with E-state index in [-0.39, 0.29) is 33.5 Å². The van der Waals surface area contributed by atoms with Gasteiger partial charge >= 0.3 is 0 Å². The molecule has 2 atom stereocenters. The molecule has 2 saturated heterocycles. The Morgan fingerprint density at radius 2 is 0.825 bits per heavy atom. The van der Waals surface area contributed by atoms with Gasteiger partial charge in [-0.3, -0.25) is 9.80 Å². The molecule has 0 bridgehead atoms. The van der Waals surface area contributed by atoms with E-state index in [1.54, 1.807) is 0 Å². The predicted octanol–water partition coefficient (Wildman–Crippen LogP) is 7.22. The monoisotopic (exact) mass is 592 g/mol. The molecule has 0 saturated carbocycles. The fraction of sp³-hybridized carbons (Fsp3) is 0.625.